The van der Waals surface area contributed by atoms with Gasteiger partial charge in [-0.25, -0.2) is 0 Å². The maximum atomic E-state index is 5.91. The lowest BCUT2D eigenvalue weighted by molar-refractivity contribution is -0.0615. The number of hydrogen-bond donors (Lipinski definition) is 0. The standard InChI is InChI=1S/C15H15ClO/c16-8-7-15(10-17-11-15)14-6-5-12-3-1-2-4-13(12)9-14/h1-6,9H,7-8,10-11H2. The third kappa shape index (κ3) is 1.84. The van der Waals surface area contributed by atoms with Gasteiger partial charge in [-0.2, -0.15) is 0 Å². The van der Waals surface area contributed by atoms with Gasteiger partial charge in [0.1, 0.15) is 0 Å². The number of hydrogen-bond acceptors (Lipinski definition) is 1. The van der Waals surface area contributed by atoms with Crippen LogP contribution in [0.1, 0.15) is 12.0 Å². The normalized spacial score (nSPS) is 17.9. The molecule has 2 aromatic rings. The van der Waals surface area contributed by atoms with E-state index in [4.69, 9.17) is 16.3 Å². The minimum Gasteiger partial charge on any atom is -0.379 e. The van der Waals surface area contributed by atoms with E-state index in [-0.39, 0.29) is 5.41 Å². The molecule has 0 saturated carbocycles. The Morgan fingerprint density at radius 1 is 1.06 bits per heavy atom. The van der Waals surface area contributed by atoms with E-state index in [1.54, 1.807) is 0 Å². The van der Waals surface area contributed by atoms with Gasteiger partial charge < -0.3 is 4.74 Å². The van der Waals surface area contributed by atoms with E-state index >= 15 is 0 Å². The van der Waals surface area contributed by atoms with Gasteiger partial charge in [-0.05, 0) is 22.8 Å². The fourth-order valence-electron chi connectivity index (χ4n) is 2.50. The molecule has 3 rings (SSSR count). The van der Waals surface area contributed by atoms with Crippen LogP contribution in [0.5, 0.6) is 0 Å². The maximum absolute atomic E-state index is 5.91. The van der Waals surface area contributed by atoms with Gasteiger partial charge in [0.15, 0.2) is 0 Å². The van der Waals surface area contributed by atoms with Gasteiger partial charge in [-0.15, -0.1) is 11.6 Å². The zero-order valence-electron chi connectivity index (χ0n) is 9.66. The Hall–Kier alpha value is -1.05. The largest absolute Gasteiger partial charge is 0.379 e. The fraction of sp³-hybridized carbons (Fsp3) is 0.333. The summed E-state index contributed by atoms with van der Waals surface area (Å²) in [7, 11) is 0. The van der Waals surface area contributed by atoms with Crippen molar-refractivity contribution in [2.45, 2.75) is 11.8 Å². The summed E-state index contributed by atoms with van der Waals surface area (Å²) in [6.45, 7) is 1.61. The zero-order valence-corrected chi connectivity index (χ0v) is 10.4. The molecule has 88 valence electrons. The van der Waals surface area contributed by atoms with Gasteiger partial charge in [0.2, 0.25) is 0 Å². The van der Waals surface area contributed by atoms with Gasteiger partial charge in [-0.3, -0.25) is 0 Å². The van der Waals surface area contributed by atoms with Crippen LogP contribution >= 0.6 is 11.6 Å². The predicted octanol–water partition coefficient (Wildman–Crippen LogP) is 3.74. The van der Waals surface area contributed by atoms with Gasteiger partial charge in [0.25, 0.3) is 0 Å². The maximum Gasteiger partial charge on any atom is 0.0586 e. The molecule has 0 amide bonds. The Kier molecular flexibility index (Phi) is 2.81. The monoisotopic (exact) mass is 246 g/mol. The first-order valence-electron chi connectivity index (χ1n) is 5.97. The summed E-state index contributed by atoms with van der Waals surface area (Å²) in [5.74, 6) is 0.691. The Morgan fingerprint density at radius 2 is 1.82 bits per heavy atom. The first kappa shape index (κ1) is 11.1. The molecule has 0 radical (unpaired) electrons. The van der Waals surface area contributed by atoms with Crippen LogP contribution in [0, 0.1) is 0 Å². The van der Waals surface area contributed by atoms with E-state index < -0.39 is 0 Å². The van der Waals surface area contributed by atoms with Crippen LogP contribution in [0.2, 0.25) is 0 Å². The van der Waals surface area contributed by atoms with Gasteiger partial charge >= 0.3 is 0 Å². The molecule has 1 aliphatic rings. The highest BCUT2D eigenvalue weighted by molar-refractivity contribution is 6.17. The second-order valence-corrected chi connectivity index (χ2v) is 5.15. The Bertz CT molecular complexity index is 531. The molecule has 1 fully saturated rings. The molecule has 0 aromatic heterocycles. The average molecular weight is 247 g/mol. The van der Waals surface area contributed by atoms with Crippen LogP contribution in [0.4, 0.5) is 0 Å². The van der Waals surface area contributed by atoms with Crippen molar-refractivity contribution in [2.75, 3.05) is 19.1 Å². The van der Waals surface area contributed by atoms with Crippen molar-refractivity contribution in [1.82, 2.24) is 0 Å². The SMILES string of the molecule is ClCCC1(c2ccc3ccccc3c2)COC1. The molecule has 0 bridgehead atoms. The van der Waals surface area contributed by atoms with E-state index in [2.05, 4.69) is 42.5 Å². The summed E-state index contributed by atoms with van der Waals surface area (Å²) in [6.07, 6.45) is 0.993. The van der Waals surface area contributed by atoms with Gasteiger partial charge in [-0.1, -0.05) is 42.5 Å². The fourth-order valence-corrected chi connectivity index (χ4v) is 2.87. The van der Waals surface area contributed by atoms with Crippen molar-refractivity contribution in [2.24, 2.45) is 0 Å². The molecule has 1 heterocycles. The van der Waals surface area contributed by atoms with E-state index in [1.165, 1.54) is 16.3 Å². The third-order valence-corrected chi connectivity index (χ3v) is 3.88. The topological polar surface area (TPSA) is 9.23 Å². The third-order valence-electron chi connectivity index (χ3n) is 3.69. The summed E-state index contributed by atoms with van der Waals surface area (Å²) in [6, 6.07) is 15.2. The van der Waals surface area contributed by atoms with Crippen LogP contribution in [-0.4, -0.2) is 19.1 Å². The number of alkyl halides is 1. The van der Waals surface area contributed by atoms with Crippen molar-refractivity contribution in [3.05, 3.63) is 48.0 Å². The molecule has 2 aromatic carbocycles. The predicted molar refractivity (Wildman–Crippen MR) is 71.8 cm³/mol. The highest BCUT2D eigenvalue weighted by Gasteiger charge is 2.39. The van der Waals surface area contributed by atoms with Crippen LogP contribution < -0.4 is 0 Å². The Labute approximate surface area is 106 Å². The van der Waals surface area contributed by atoms with Crippen molar-refractivity contribution >= 4 is 22.4 Å². The first-order valence-corrected chi connectivity index (χ1v) is 6.51. The molecule has 0 unspecified atom stereocenters. The lowest BCUT2D eigenvalue weighted by Gasteiger charge is -2.42. The minimum absolute atomic E-state index is 0.159. The smallest absolute Gasteiger partial charge is 0.0586 e. The molecule has 1 saturated heterocycles. The molecule has 1 aliphatic heterocycles. The number of fused-ring (bicyclic) bond motifs is 1. The molecular formula is C15H15ClO. The van der Waals surface area contributed by atoms with Crippen LogP contribution in [0.15, 0.2) is 42.5 Å². The molecule has 0 spiro atoms. The second-order valence-electron chi connectivity index (χ2n) is 4.77. The number of rotatable bonds is 3. The number of benzene rings is 2. The van der Waals surface area contributed by atoms with Crippen LogP contribution in [0.3, 0.4) is 0 Å². The lowest BCUT2D eigenvalue weighted by Crippen LogP contribution is -2.47. The minimum atomic E-state index is 0.159. The summed E-state index contributed by atoms with van der Waals surface area (Å²) in [5.41, 5.74) is 1.52. The lowest BCUT2D eigenvalue weighted by atomic mass is 9.76. The first-order chi connectivity index (χ1) is 8.34. The second kappa shape index (κ2) is 4.32. The van der Waals surface area contributed by atoms with E-state index in [0.29, 0.717) is 5.88 Å². The molecule has 0 atom stereocenters. The quantitative estimate of drug-likeness (QED) is 0.750. The van der Waals surface area contributed by atoms with Gasteiger partial charge in [0, 0.05) is 11.3 Å². The molecule has 0 aliphatic carbocycles. The van der Waals surface area contributed by atoms with Crippen LogP contribution in [0.25, 0.3) is 10.8 Å². The van der Waals surface area contributed by atoms with Crippen LogP contribution in [-0.2, 0) is 10.2 Å². The van der Waals surface area contributed by atoms with Crippen molar-refractivity contribution < 1.29 is 4.74 Å². The summed E-state index contributed by atoms with van der Waals surface area (Å²) < 4.78 is 5.40. The number of halogens is 1. The summed E-state index contributed by atoms with van der Waals surface area (Å²) >= 11 is 5.91. The Balaban J connectivity index is 2.05. The average Bonchev–Trinajstić information content (AvgIpc) is 2.33. The van der Waals surface area contributed by atoms with Crippen molar-refractivity contribution in [1.29, 1.82) is 0 Å². The molecule has 1 nitrogen and oxygen atoms in total. The highest BCUT2D eigenvalue weighted by Crippen LogP contribution is 2.37. The number of ether oxygens (including phenoxy) is 1. The molecule has 17 heavy (non-hydrogen) atoms. The van der Waals surface area contributed by atoms with E-state index in [1.807, 2.05) is 0 Å². The van der Waals surface area contributed by atoms with Crippen molar-refractivity contribution in [3.63, 3.8) is 0 Å². The summed E-state index contributed by atoms with van der Waals surface area (Å²) in [4.78, 5) is 0. The Morgan fingerprint density at radius 3 is 2.47 bits per heavy atom. The van der Waals surface area contributed by atoms with E-state index in [0.717, 1.165) is 19.6 Å². The molecule has 2 heteroatoms. The van der Waals surface area contributed by atoms with Gasteiger partial charge in [0.05, 0.1) is 13.2 Å². The molecular weight excluding hydrogens is 232 g/mol. The molecule has 0 N–H and O–H groups in total. The highest BCUT2D eigenvalue weighted by atomic mass is 35.5. The van der Waals surface area contributed by atoms with E-state index in [9.17, 15) is 0 Å². The van der Waals surface area contributed by atoms with Crippen molar-refractivity contribution in [3.8, 4) is 0 Å². The summed E-state index contributed by atoms with van der Waals surface area (Å²) in [5, 5.41) is 2.59. The zero-order chi connectivity index (χ0) is 11.7.